The topological polar surface area (TPSA) is 0 Å². The number of hydrogen-bond donors (Lipinski definition) is 0. The van der Waals surface area contributed by atoms with Gasteiger partial charge in [0.15, 0.2) is 0 Å². The van der Waals surface area contributed by atoms with Crippen LogP contribution in [-0.2, 0) is 0 Å². The predicted octanol–water partition coefficient (Wildman–Crippen LogP) is 6.56. The summed E-state index contributed by atoms with van der Waals surface area (Å²) in [6, 6.07) is 0. The van der Waals surface area contributed by atoms with Gasteiger partial charge in [-0.15, -0.1) is 0 Å². The minimum atomic E-state index is 0.799. The van der Waals surface area contributed by atoms with Gasteiger partial charge in [0.2, 0.25) is 0 Å². The first-order valence-corrected chi connectivity index (χ1v) is 7.63. The molecule has 0 saturated carbocycles. The highest BCUT2D eigenvalue weighted by Gasteiger charge is 1.96. The molecule has 0 aromatic heterocycles. The molecule has 0 bridgehead atoms. The molecular formula is C16H31F. The van der Waals surface area contributed by atoms with E-state index in [1.165, 1.54) is 64.2 Å². The van der Waals surface area contributed by atoms with Crippen molar-refractivity contribution in [2.24, 2.45) is 0 Å². The van der Waals surface area contributed by atoms with Crippen LogP contribution in [0.3, 0.4) is 0 Å². The summed E-state index contributed by atoms with van der Waals surface area (Å²) in [4.78, 5) is 0. The van der Waals surface area contributed by atoms with Gasteiger partial charge in [-0.1, -0.05) is 71.6 Å². The highest BCUT2D eigenvalue weighted by Crippen LogP contribution is 2.15. The van der Waals surface area contributed by atoms with E-state index in [1.807, 2.05) is 6.92 Å². The summed E-state index contributed by atoms with van der Waals surface area (Å²) in [6.45, 7) is 4.29. The lowest BCUT2D eigenvalue weighted by Crippen LogP contribution is -1.84. The molecule has 0 aromatic rings. The molecule has 0 rings (SSSR count). The van der Waals surface area contributed by atoms with E-state index < -0.39 is 0 Å². The fourth-order valence-electron chi connectivity index (χ4n) is 2.15. The lowest BCUT2D eigenvalue weighted by atomic mass is 10.0. The van der Waals surface area contributed by atoms with Gasteiger partial charge in [0.05, 0.1) is 6.33 Å². The summed E-state index contributed by atoms with van der Waals surface area (Å²) in [5, 5.41) is 0. The van der Waals surface area contributed by atoms with Crippen molar-refractivity contribution in [3.05, 3.63) is 11.9 Å². The Balaban J connectivity index is 3.08. The average molecular weight is 242 g/mol. The van der Waals surface area contributed by atoms with Crippen molar-refractivity contribution in [3.63, 3.8) is 0 Å². The third kappa shape index (κ3) is 11.9. The number of unbranched alkanes of at least 4 members (excludes halogenated alkanes) is 9. The second-order valence-electron chi connectivity index (χ2n) is 5.05. The quantitative estimate of drug-likeness (QED) is 0.340. The zero-order chi connectivity index (χ0) is 12.8. The molecule has 0 saturated heterocycles. The maximum absolute atomic E-state index is 12.3. The Kier molecular flexibility index (Phi) is 13.5. The van der Waals surface area contributed by atoms with E-state index in [9.17, 15) is 4.39 Å². The van der Waals surface area contributed by atoms with E-state index in [2.05, 4.69) is 6.92 Å². The summed E-state index contributed by atoms with van der Waals surface area (Å²) >= 11 is 0. The first kappa shape index (κ1) is 16.7. The van der Waals surface area contributed by atoms with Crippen LogP contribution in [0.1, 0.15) is 90.9 Å². The highest BCUT2D eigenvalue weighted by atomic mass is 19.1. The molecule has 0 atom stereocenters. The van der Waals surface area contributed by atoms with E-state index in [-0.39, 0.29) is 0 Å². The van der Waals surface area contributed by atoms with Crippen LogP contribution in [0, 0.1) is 0 Å². The number of hydrogen-bond acceptors (Lipinski definition) is 0. The zero-order valence-corrected chi connectivity index (χ0v) is 11.9. The molecule has 0 aliphatic carbocycles. The van der Waals surface area contributed by atoms with Crippen LogP contribution in [-0.4, -0.2) is 0 Å². The molecule has 0 radical (unpaired) electrons. The molecule has 0 fully saturated rings. The molecule has 17 heavy (non-hydrogen) atoms. The maximum atomic E-state index is 12.3. The fraction of sp³-hybridized carbons (Fsp3) is 0.875. The standard InChI is InChI=1S/C16H31F/c1-3-5-6-7-8-9-10-11-12-13-14-16(4-2)15-17/h15H,3-14H2,1-2H3. The van der Waals surface area contributed by atoms with Crippen LogP contribution < -0.4 is 0 Å². The van der Waals surface area contributed by atoms with Crippen molar-refractivity contribution in [2.75, 3.05) is 0 Å². The summed E-state index contributed by atoms with van der Waals surface area (Å²) in [7, 11) is 0. The molecule has 0 unspecified atom stereocenters. The molecule has 102 valence electrons. The molecule has 1 heteroatoms. The first-order chi connectivity index (χ1) is 8.35. The number of rotatable bonds is 12. The van der Waals surface area contributed by atoms with Gasteiger partial charge in [0.25, 0.3) is 0 Å². The smallest absolute Gasteiger partial charge is 0.0858 e. The summed E-state index contributed by atoms with van der Waals surface area (Å²) in [6.07, 6.45) is 16.1. The van der Waals surface area contributed by atoms with Crippen molar-refractivity contribution >= 4 is 0 Å². The Morgan fingerprint density at radius 1 is 0.765 bits per heavy atom. The van der Waals surface area contributed by atoms with E-state index >= 15 is 0 Å². The van der Waals surface area contributed by atoms with E-state index in [0.29, 0.717) is 0 Å². The Bertz CT molecular complexity index is 172. The third-order valence-corrected chi connectivity index (χ3v) is 3.46. The van der Waals surface area contributed by atoms with Crippen molar-refractivity contribution < 1.29 is 4.39 Å². The molecular weight excluding hydrogens is 211 g/mol. The molecule has 0 N–H and O–H groups in total. The van der Waals surface area contributed by atoms with Crippen LogP contribution in [0.25, 0.3) is 0 Å². The van der Waals surface area contributed by atoms with Crippen LogP contribution in [0.4, 0.5) is 4.39 Å². The van der Waals surface area contributed by atoms with Gasteiger partial charge in [-0.2, -0.15) is 0 Å². The molecule has 0 aliphatic heterocycles. The normalized spacial score (nSPS) is 12.1. The Labute approximate surface area is 108 Å². The van der Waals surface area contributed by atoms with Gasteiger partial charge in [-0.3, -0.25) is 0 Å². The van der Waals surface area contributed by atoms with Crippen molar-refractivity contribution in [1.82, 2.24) is 0 Å². The minimum absolute atomic E-state index is 0.799. The third-order valence-electron chi connectivity index (χ3n) is 3.46. The van der Waals surface area contributed by atoms with E-state index in [4.69, 9.17) is 0 Å². The van der Waals surface area contributed by atoms with Gasteiger partial charge < -0.3 is 0 Å². The van der Waals surface area contributed by atoms with Gasteiger partial charge in [0, 0.05) is 0 Å². The highest BCUT2D eigenvalue weighted by molar-refractivity contribution is 4.95. The summed E-state index contributed by atoms with van der Waals surface area (Å²) < 4.78 is 12.3. The largest absolute Gasteiger partial charge is 0.216 e. The maximum Gasteiger partial charge on any atom is 0.0858 e. The second kappa shape index (κ2) is 13.7. The molecule has 0 heterocycles. The molecule has 0 aromatic carbocycles. The Hall–Kier alpha value is -0.330. The summed E-state index contributed by atoms with van der Waals surface area (Å²) in [5.74, 6) is 0. The van der Waals surface area contributed by atoms with Crippen LogP contribution in [0.15, 0.2) is 11.9 Å². The van der Waals surface area contributed by atoms with Crippen LogP contribution in [0.2, 0.25) is 0 Å². The molecule has 0 aliphatic rings. The van der Waals surface area contributed by atoms with Crippen molar-refractivity contribution in [2.45, 2.75) is 90.9 Å². The number of halogens is 1. The predicted molar refractivity (Wildman–Crippen MR) is 75.9 cm³/mol. The summed E-state index contributed by atoms with van der Waals surface area (Å²) in [5.41, 5.74) is 0.976. The van der Waals surface area contributed by atoms with Crippen molar-refractivity contribution in [3.8, 4) is 0 Å². The lowest BCUT2D eigenvalue weighted by Gasteiger charge is -2.03. The van der Waals surface area contributed by atoms with Crippen LogP contribution in [0.5, 0.6) is 0 Å². The SMILES string of the molecule is CCCCCCCCCCCCC(=CF)CC. The zero-order valence-electron chi connectivity index (χ0n) is 11.9. The lowest BCUT2D eigenvalue weighted by molar-refractivity contribution is 0.553. The second-order valence-corrected chi connectivity index (χ2v) is 5.05. The Morgan fingerprint density at radius 3 is 1.65 bits per heavy atom. The van der Waals surface area contributed by atoms with Gasteiger partial charge in [-0.05, 0) is 24.8 Å². The monoisotopic (exact) mass is 242 g/mol. The molecule has 0 amide bonds. The first-order valence-electron chi connectivity index (χ1n) is 7.63. The fourth-order valence-corrected chi connectivity index (χ4v) is 2.15. The molecule has 0 spiro atoms. The van der Waals surface area contributed by atoms with Gasteiger partial charge >= 0.3 is 0 Å². The Morgan fingerprint density at radius 2 is 1.24 bits per heavy atom. The average Bonchev–Trinajstić information content (AvgIpc) is 2.36. The van der Waals surface area contributed by atoms with Gasteiger partial charge in [0.1, 0.15) is 0 Å². The van der Waals surface area contributed by atoms with Gasteiger partial charge in [-0.25, -0.2) is 4.39 Å². The minimum Gasteiger partial charge on any atom is -0.216 e. The number of allylic oxidation sites excluding steroid dienone is 1. The van der Waals surface area contributed by atoms with Crippen LogP contribution >= 0.6 is 0 Å². The van der Waals surface area contributed by atoms with Crippen molar-refractivity contribution in [1.29, 1.82) is 0 Å². The van der Waals surface area contributed by atoms with E-state index in [0.717, 1.165) is 24.7 Å². The van der Waals surface area contributed by atoms with E-state index in [1.54, 1.807) is 0 Å². The molecule has 0 nitrogen and oxygen atoms in total.